The molecule has 1 saturated carbocycles. The van der Waals surface area contributed by atoms with E-state index in [0.29, 0.717) is 6.04 Å². The number of oxazole rings is 1. The van der Waals surface area contributed by atoms with Crippen LogP contribution in [0.5, 0.6) is 0 Å². The summed E-state index contributed by atoms with van der Waals surface area (Å²) in [6.07, 6.45) is 6.70. The van der Waals surface area contributed by atoms with Gasteiger partial charge >= 0.3 is 0 Å². The van der Waals surface area contributed by atoms with Gasteiger partial charge in [-0.2, -0.15) is 0 Å². The molecule has 2 atom stereocenters. The Labute approximate surface area is 104 Å². The molecule has 0 aromatic carbocycles. The Bertz CT molecular complexity index is 340. The van der Waals surface area contributed by atoms with Crippen LogP contribution in [0.25, 0.3) is 0 Å². The molecule has 0 spiro atoms. The molecular formula is C14H24N2O. The minimum Gasteiger partial charge on any atom is -0.444 e. The molecule has 1 aromatic heterocycles. The summed E-state index contributed by atoms with van der Waals surface area (Å²) in [7, 11) is 0. The Morgan fingerprint density at radius 3 is 2.82 bits per heavy atom. The number of hydrogen-bond donors (Lipinski definition) is 1. The average molecular weight is 236 g/mol. The monoisotopic (exact) mass is 236 g/mol. The Morgan fingerprint density at radius 2 is 2.18 bits per heavy atom. The first-order valence-corrected chi connectivity index (χ1v) is 6.85. The molecule has 17 heavy (non-hydrogen) atoms. The summed E-state index contributed by atoms with van der Waals surface area (Å²) in [5, 5.41) is 3.59. The minimum atomic E-state index is 0.654. The van der Waals surface area contributed by atoms with Crippen molar-refractivity contribution in [3.8, 4) is 0 Å². The Kier molecular flexibility index (Phi) is 4.21. The summed E-state index contributed by atoms with van der Waals surface area (Å²) in [5.41, 5.74) is 1.01. The molecule has 1 aliphatic rings. The highest BCUT2D eigenvalue weighted by Crippen LogP contribution is 2.26. The number of rotatable bonds is 4. The molecule has 1 N–H and O–H groups in total. The van der Waals surface area contributed by atoms with Crippen molar-refractivity contribution in [2.24, 2.45) is 5.92 Å². The first kappa shape index (κ1) is 12.6. The third kappa shape index (κ3) is 3.32. The molecule has 3 heteroatoms. The van der Waals surface area contributed by atoms with Gasteiger partial charge in [-0.1, -0.05) is 26.2 Å². The third-order valence-electron chi connectivity index (χ3n) is 3.97. The van der Waals surface area contributed by atoms with Crippen LogP contribution in [0.3, 0.4) is 0 Å². The summed E-state index contributed by atoms with van der Waals surface area (Å²) >= 11 is 0. The fourth-order valence-electron chi connectivity index (χ4n) is 2.69. The van der Waals surface area contributed by atoms with Crippen LogP contribution in [0.1, 0.15) is 56.4 Å². The second kappa shape index (κ2) is 5.67. The fraction of sp³-hybridized carbons (Fsp3) is 0.786. The zero-order valence-corrected chi connectivity index (χ0v) is 11.3. The van der Waals surface area contributed by atoms with Gasteiger partial charge in [0.15, 0.2) is 0 Å². The Hall–Kier alpha value is -0.830. The lowest BCUT2D eigenvalue weighted by molar-refractivity contribution is 0.271. The second-order valence-corrected chi connectivity index (χ2v) is 5.27. The predicted molar refractivity (Wildman–Crippen MR) is 68.9 cm³/mol. The van der Waals surface area contributed by atoms with Crippen molar-refractivity contribution in [2.45, 2.75) is 65.5 Å². The molecule has 1 fully saturated rings. The third-order valence-corrected chi connectivity index (χ3v) is 3.97. The van der Waals surface area contributed by atoms with Crippen molar-refractivity contribution >= 4 is 0 Å². The quantitative estimate of drug-likeness (QED) is 0.871. The van der Waals surface area contributed by atoms with Crippen molar-refractivity contribution in [3.05, 3.63) is 17.3 Å². The standard InChI is InChI=1S/C14H24N2O/c1-4-12-6-5-7-13(8-12)15-9-14-16-10(2)11(3)17-14/h12-13,15H,4-9H2,1-3H3. The van der Waals surface area contributed by atoms with Crippen LogP contribution in [-0.2, 0) is 6.54 Å². The number of nitrogens with one attached hydrogen (secondary N) is 1. The molecule has 0 amide bonds. The number of aromatic nitrogens is 1. The van der Waals surface area contributed by atoms with Crippen molar-refractivity contribution in [1.82, 2.24) is 10.3 Å². The van der Waals surface area contributed by atoms with Gasteiger partial charge in [0.25, 0.3) is 0 Å². The number of hydrogen-bond acceptors (Lipinski definition) is 3. The summed E-state index contributed by atoms with van der Waals surface area (Å²) in [5.74, 6) is 2.68. The van der Waals surface area contributed by atoms with Gasteiger partial charge in [-0.05, 0) is 32.6 Å². The first-order chi connectivity index (χ1) is 8.19. The van der Waals surface area contributed by atoms with Crippen LogP contribution in [0, 0.1) is 19.8 Å². The van der Waals surface area contributed by atoms with Gasteiger partial charge in [0.2, 0.25) is 5.89 Å². The summed E-state index contributed by atoms with van der Waals surface area (Å²) in [6.45, 7) is 7.04. The largest absolute Gasteiger partial charge is 0.444 e. The van der Waals surface area contributed by atoms with Gasteiger partial charge in [0, 0.05) is 6.04 Å². The van der Waals surface area contributed by atoms with E-state index < -0.39 is 0 Å². The van der Waals surface area contributed by atoms with E-state index in [-0.39, 0.29) is 0 Å². The van der Waals surface area contributed by atoms with E-state index >= 15 is 0 Å². The Balaban J connectivity index is 1.81. The molecule has 0 aliphatic heterocycles. The molecule has 0 saturated heterocycles. The summed E-state index contributed by atoms with van der Waals surface area (Å²) < 4.78 is 5.58. The number of nitrogens with zero attached hydrogens (tertiary/aromatic N) is 1. The molecule has 0 radical (unpaired) electrons. The molecule has 2 unspecified atom stereocenters. The maximum Gasteiger partial charge on any atom is 0.208 e. The van der Waals surface area contributed by atoms with E-state index in [1.54, 1.807) is 0 Å². The zero-order valence-electron chi connectivity index (χ0n) is 11.3. The van der Waals surface area contributed by atoms with Gasteiger partial charge in [0.05, 0.1) is 12.2 Å². The topological polar surface area (TPSA) is 38.1 Å². The van der Waals surface area contributed by atoms with Crippen molar-refractivity contribution in [2.75, 3.05) is 0 Å². The fourth-order valence-corrected chi connectivity index (χ4v) is 2.69. The molecule has 3 nitrogen and oxygen atoms in total. The molecule has 96 valence electrons. The molecule has 1 aromatic rings. The van der Waals surface area contributed by atoms with Gasteiger partial charge in [-0.3, -0.25) is 0 Å². The van der Waals surface area contributed by atoms with Crippen molar-refractivity contribution in [3.63, 3.8) is 0 Å². The molecule has 1 aliphatic carbocycles. The van der Waals surface area contributed by atoms with Crippen molar-refractivity contribution < 1.29 is 4.42 Å². The molecule has 1 heterocycles. The first-order valence-electron chi connectivity index (χ1n) is 6.85. The van der Waals surface area contributed by atoms with Gasteiger partial charge < -0.3 is 9.73 Å². The zero-order chi connectivity index (χ0) is 12.3. The van der Waals surface area contributed by atoms with E-state index in [4.69, 9.17) is 4.42 Å². The van der Waals surface area contributed by atoms with Gasteiger partial charge in [0.1, 0.15) is 5.76 Å². The van der Waals surface area contributed by atoms with E-state index in [1.165, 1.54) is 32.1 Å². The van der Waals surface area contributed by atoms with Crippen LogP contribution in [-0.4, -0.2) is 11.0 Å². The normalized spacial score (nSPS) is 25.1. The molecular weight excluding hydrogens is 212 g/mol. The predicted octanol–water partition coefficient (Wildman–Crippen LogP) is 3.35. The maximum atomic E-state index is 5.58. The highest BCUT2D eigenvalue weighted by atomic mass is 16.4. The molecule has 2 rings (SSSR count). The van der Waals surface area contributed by atoms with E-state index in [2.05, 4.69) is 17.2 Å². The second-order valence-electron chi connectivity index (χ2n) is 5.27. The lowest BCUT2D eigenvalue weighted by atomic mass is 9.84. The maximum absolute atomic E-state index is 5.58. The van der Waals surface area contributed by atoms with Gasteiger partial charge in [-0.15, -0.1) is 0 Å². The van der Waals surface area contributed by atoms with Crippen LogP contribution in [0.2, 0.25) is 0 Å². The lowest BCUT2D eigenvalue weighted by Gasteiger charge is -2.28. The highest BCUT2D eigenvalue weighted by molar-refractivity contribution is 5.05. The summed E-state index contributed by atoms with van der Waals surface area (Å²) in [4.78, 5) is 4.40. The number of aryl methyl sites for hydroxylation is 2. The van der Waals surface area contributed by atoms with E-state index in [9.17, 15) is 0 Å². The Morgan fingerprint density at radius 1 is 1.35 bits per heavy atom. The average Bonchev–Trinajstić information content (AvgIpc) is 2.67. The van der Waals surface area contributed by atoms with Gasteiger partial charge in [-0.25, -0.2) is 4.98 Å². The van der Waals surface area contributed by atoms with Crippen LogP contribution in [0.4, 0.5) is 0 Å². The van der Waals surface area contributed by atoms with Crippen LogP contribution >= 0.6 is 0 Å². The van der Waals surface area contributed by atoms with E-state index in [0.717, 1.165) is 29.8 Å². The van der Waals surface area contributed by atoms with Crippen LogP contribution in [0.15, 0.2) is 4.42 Å². The highest BCUT2D eigenvalue weighted by Gasteiger charge is 2.20. The SMILES string of the molecule is CCC1CCCC(NCc2nc(C)c(C)o2)C1. The molecule has 0 bridgehead atoms. The summed E-state index contributed by atoms with van der Waals surface area (Å²) in [6, 6.07) is 0.654. The van der Waals surface area contributed by atoms with Crippen LogP contribution < -0.4 is 5.32 Å². The van der Waals surface area contributed by atoms with Crippen molar-refractivity contribution in [1.29, 1.82) is 0 Å². The smallest absolute Gasteiger partial charge is 0.208 e. The minimum absolute atomic E-state index is 0.654. The van der Waals surface area contributed by atoms with E-state index in [1.807, 2.05) is 13.8 Å². The lowest BCUT2D eigenvalue weighted by Crippen LogP contribution is -2.33.